The number of nitrogens with zero attached hydrogens (tertiary/aromatic N) is 4. The lowest BCUT2D eigenvalue weighted by atomic mass is 10.3. The molecule has 6 heteroatoms. The highest BCUT2D eigenvalue weighted by Gasteiger charge is 2.08. The van der Waals surface area contributed by atoms with Gasteiger partial charge in [0.25, 0.3) is 5.95 Å². The van der Waals surface area contributed by atoms with Gasteiger partial charge in [0.05, 0.1) is 19.0 Å². The lowest BCUT2D eigenvalue weighted by molar-refractivity contribution is 0.517. The van der Waals surface area contributed by atoms with Crippen molar-refractivity contribution in [2.24, 2.45) is 0 Å². The molecule has 1 aromatic carbocycles. The van der Waals surface area contributed by atoms with E-state index in [1.54, 1.807) is 12.5 Å². The molecule has 0 radical (unpaired) electrons. The number of benzene rings is 1. The van der Waals surface area contributed by atoms with Gasteiger partial charge in [-0.05, 0) is 24.3 Å². The van der Waals surface area contributed by atoms with Crippen molar-refractivity contribution in [2.45, 2.75) is 6.54 Å². The molecule has 106 valence electrons. The molecule has 0 aliphatic rings. The molecule has 0 fully saturated rings. The maximum atomic E-state index is 5.27. The predicted molar refractivity (Wildman–Crippen MR) is 80.4 cm³/mol. The van der Waals surface area contributed by atoms with Gasteiger partial charge in [0, 0.05) is 12.7 Å². The van der Waals surface area contributed by atoms with Crippen LogP contribution in [0.2, 0.25) is 0 Å². The summed E-state index contributed by atoms with van der Waals surface area (Å²) in [5.74, 6) is 2.02. The minimum Gasteiger partial charge on any atom is -0.467 e. The minimum absolute atomic E-state index is 0.533. The zero-order valence-electron chi connectivity index (χ0n) is 11.6. The zero-order chi connectivity index (χ0) is 14.5. The van der Waals surface area contributed by atoms with Crippen molar-refractivity contribution < 1.29 is 4.42 Å². The van der Waals surface area contributed by atoms with Crippen LogP contribution in [0.25, 0.3) is 0 Å². The molecular weight excluding hydrogens is 266 g/mol. The van der Waals surface area contributed by atoms with E-state index in [2.05, 4.69) is 20.5 Å². The topological polar surface area (TPSA) is 67.1 Å². The summed E-state index contributed by atoms with van der Waals surface area (Å²) in [6, 6.07) is 13.6. The molecule has 3 aromatic rings. The van der Waals surface area contributed by atoms with E-state index in [9.17, 15) is 0 Å². The maximum absolute atomic E-state index is 5.27. The van der Waals surface area contributed by atoms with Gasteiger partial charge in [0.15, 0.2) is 5.82 Å². The molecular formula is C15H15N5O. The van der Waals surface area contributed by atoms with Crippen LogP contribution in [-0.4, -0.2) is 22.2 Å². The van der Waals surface area contributed by atoms with Crippen molar-refractivity contribution in [3.05, 3.63) is 60.7 Å². The first kappa shape index (κ1) is 13.1. The zero-order valence-corrected chi connectivity index (χ0v) is 11.6. The standard InChI is InChI=1S/C15H15N5O/c1-20(12-6-3-2-4-7-12)15-18-14(11-17-19-15)16-10-13-8-5-9-21-13/h2-9,11H,10H2,1H3,(H,16,18,19). The van der Waals surface area contributed by atoms with E-state index in [0.29, 0.717) is 18.3 Å². The number of furan rings is 1. The summed E-state index contributed by atoms with van der Waals surface area (Å²) in [6.07, 6.45) is 3.23. The maximum Gasteiger partial charge on any atom is 0.251 e. The molecule has 6 nitrogen and oxygen atoms in total. The smallest absolute Gasteiger partial charge is 0.251 e. The van der Waals surface area contributed by atoms with Crippen LogP contribution in [0, 0.1) is 0 Å². The lowest BCUT2D eigenvalue weighted by Crippen LogP contribution is -2.14. The van der Waals surface area contributed by atoms with Gasteiger partial charge in [-0.15, -0.1) is 5.10 Å². The summed E-state index contributed by atoms with van der Waals surface area (Å²) in [5, 5.41) is 11.2. The lowest BCUT2D eigenvalue weighted by Gasteiger charge is -2.16. The van der Waals surface area contributed by atoms with Crippen molar-refractivity contribution in [2.75, 3.05) is 17.3 Å². The second-order valence-electron chi connectivity index (χ2n) is 4.47. The SMILES string of the molecule is CN(c1ccccc1)c1nncc(NCc2ccco2)n1. The van der Waals surface area contributed by atoms with Crippen molar-refractivity contribution in [1.29, 1.82) is 0 Å². The molecule has 2 aromatic heterocycles. The van der Waals surface area contributed by atoms with Crippen LogP contribution in [0.4, 0.5) is 17.5 Å². The highest BCUT2D eigenvalue weighted by atomic mass is 16.3. The number of aromatic nitrogens is 3. The molecule has 0 spiro atoms. The number of hydrogen-bond acceptors (Lipinski definition) is 6. The Morgan fingerprint density at radius 2 is 2.00 bits per heavy atom. The normalized spacial score (nSPS) is 10.3. The average molecular weight is 281 g/mol. The molecule has 0 aliphatic carbocycles. The van der Waals surface area contributed by atoms with Crippen LogP contribution in [0.1, 0.15) is 5.76 Å². The van der Waals surface area contributed by atoms with Crippen molar-refractivity contribution in [3.8, 4) is 0 Å². The van der Waals surface area contributed by atoms with Crippen LogP contribution in [0.5, 0.6) is 0 Å². The molecule has 21 heavy (non-hydrogen) atoms. The van der Waals surface area contributed by atoms with E-state index in [-0.39, 0.29) is 0 Å². The van der Waals surface area contributed by atoms with E-state index in [0.717, 1.165) is 11.4 Å². The van der Waals surface area contributed by atoms with E-state index < -0.39 is 0 Å². The van der Waals surface area contributed by atoms with E-state index >= 15 is 0 Å². The summed E-state index contributed by atoms with van der Waals surface area (Å²) < 4.78 is 5.27. The quantitative estimate of drug-likeness (QED) is 0.775. The molecule has 0 bridgehead atoms. The molecule has 0 unspecified atom stereocenters. The third-order valence-electron chi connectivity index (χ3n) is 3.01. The first-order valence-corrected chi connectivity index (χ1v) is 6.58. The second kappa shape index (κ2) is 6.04. The molecule has 0 atom stereocenters. The summed E-state index contributed by atoms with van der Waals surface area (Å²) in [5.41, 5.74) is 1.00. The molecule has 0 saturated carbocycles. The monoisotopic (exact) mass is 281 g/mol. The van der Waals surface area contributed by atoms with Gasteiger partial charge in [0.2, 0.25) is 0 Å². The van der Waals surface area contributed by atoms with Gasteiger partial charge < -0.3 is 14.6 Å². The molecule has 2 heterocycles. The second-order valence-corrected chi connectivity index (χ2v) is 4.47. The highest BCUT2D eigenvalue weighted by Crippen LogP contribution is 2.19. The predicted octanol–water partition coefficient (Wildman–Crippen LogP) is 2.84. The van der Waals surface area contributed by atoms with Crippen molar-refractivity contribution >= 4 is 17.5 Å². The van der Waals surface area contributed by atoms with Gasteiger partial charge in [0.1, 0.15) is 5.76 Å². The number of nitrogens with one attached hydrogen (secondary N) is 1. The van der Waals surface area contributed by atoms with E-state index in [1.807, 2.05) is 54.4 Å². The van der Waals surface area contributed by atoms with Crippen LogP contribution in [0.15, 0.2) is 59.3 Å². The Morgan fingerprint density at radius 3 is 2.76 bits per heavy atom. The van der Waals surface area contributed by atoms with Gasteiger partial charge >= 0.3 is 0 Å². The van der Waals surface area contributed by atoms with Crippen LogP contribution >= 0.6 is 0 Å². The molecule has 1 N–H and O–H groups in total. The van der Waals surface area contributed by atoms with Crippen LogP contribution in [0.3, 0.4) is 0 Å². The number of anilines is 3. The fourth-order valence-electron chi connectivity index (χ4n) is 1.88. The van der Waals surface area contributed by atoms with Gasteiger partial charge in [-0.1, -0.05) is 18.2 Å². The molecule has 3 rings (SSSR count). The molecule has 0 aliphatic heterocycles. The first-order valence-electron chi connectivity index (χ1n) is 6.58. The molecule has 0 amide bonds. The van der Waals surface area contributed by atoms with Crippen LogP contribution in [-0.2, 0) is 6.54 Å². The summed E-state index contributed by atoms with van der Waals surface area (Å²) in [6.45, 7) is 0.556. The highest BCUT2D eigenvalue weighted by molar-refractivity contribution is 5.56. The summed E-state index contributed by atoms with van der Waals surface area (Å²) >= 11 is 0. The van der Waals surface area contributed by atoms with E-state index in [4.69, 9.17) is 4.42 Å². The Kier molecular flexibility index (Phi) is 3.77. The molecule has 0 saturated heterocycles. The fraction of sp³-hybridized carbons (Fsp3) is 0.133. The Bertz CT molecular complexity index is 684. The largest absolute Gasteiger partial charge is 0.467 e. The summed E-state index contributed by atoms with van der Waals surface area (Å²) in [4.78, 5) is 6.33. The Labute approximate surface area is 122 Å². The number of para-hydroxylation sites is 1. The Hall–Kier alpha value is -2.89. The van der Waals surface area contributed by atoms with Gasteiger partial charge in [-0.2, -0.15) is 10.1 Å². The van der Waals surface area contributed by atoms with Gasteiger partial charge in [-0.3, -0.25) is 0 Å². The summed E-state index contributed by atoms with van der Waals surface area (Å²) in [7, 11) is 1.91. The van der Waals surface area contributed by atoms with Crippen molar-refractivity contribution in [3.63, 3.8) is 0 Å². The third-order valence-corrected chi connectivity index (χ3v) is 3.01. The Morgan fingerprint density at radius 1 is 1.14 bits per heavy atom. The van der Waals surface area contributed by atoms with E-state index in [1.165, 1.54) is 0 Å². The first-order chi connectivity index (χ1) is 10.3. The Balaban J connectivity index is 1.73. The average Bonchev–Trinajstić information content (AvgIpc) is 3.07. The number of rotatable bonds is 5. The van der Waals surface area contributed by atoms with Crippen LogP contribution < -0.4 is 10.2 Å². The number of hydrogen-bond donors (Lipinski definition) is 1. The fourth-order valence-corrected chi connectivity index (χ4v) is 1.88. The van der Waals surface area contributed by atoms with Crippen molar-refractivity contribution in [1.82, 2.24) is 15.2 Å². The minimum atomic E-state index is 0.533. The third kappa shape index (κ3) is 3.17. The van der Waals surface area contributed by atoms with Gasteiger partial charge in [-0.25, -0.2) is 0 Å².